The summed E-state index contributed by atoms with van der Waals surface area (Å²) in [6, 6.07) is -0.325. The van der Waals surface area contributed by atoms with E-state index in [1.807, 2.05) is 6.92 Å². The van der Waals surface area contributed by atoms with Gasteiger partial charge in [-0.15, -0.1) is 0 Å². The second-order valence-electron chi connectivity index (χ2n) is 15.5. The van der Waals surface area contributed by atoms with Gasteiger partial charge in [0.05, 0.1) is 47.6 Å². The van der Waals surface area contributed by atoms with Gasteiger partial charge in [0.25, 0.3) is 0 Å². The summed E-state index contributed by atoms with van der Waals surface area (Å²) in [6.45, 7) is 15.1. The van der Waals surface area contributed by atoms with Crippen LogP contribution < -0.4 is 5.32 Å². The van der Waals surface area contributed by atoms with Crippen molar-refractivity contribution >= 4 is 11.8 Å². The Morgan fingerprint density at radius 1 is 0.860 bits per heavy atom. The molecule has 3 saturated heterocycles. The van der Waals surface area contributed by atoms with Crippen molar-refractivity contribution in [3.63, 3.8) is 0 Å². The van der Waals surface area contributed by atoms with E-state index >= 15 is 0 Å². The quantitative estimate of drug-likeness (QED) is 0.228. The first-order chi connectivity index (χ1) is 23.2. The highest BCUT2D eigenvalue weighted by Crippen LogP contribution is 2.39. The lowest BCUT2D eigenvalue weighted by Gasteiger charge is -2.47. The second-order valence-corrected chi connectivity index (χ2v) is 15.5. The number of carbonyl (C=O) groups is 2. The van der Waals surface area contributed by atoms with E-state index in [-0.39, 0.29) is 43.6 Å². The average Bonchev–Trinajstić information content (AvgIpc) is 3.07. The molecule has 5 N–H and O–H groups in total. The molecule has 17 atom stereocenters. The molecule has 3 rings (SSSR count). The predicted octanol–water partition coefficient (Wildman–Crippen LogP) is 1.85. The summed E-state index contributed by atoms with van der Waals surface area (Å²) in [5.41, 5.74) is -4.19. The number of likely N-dealkylation sites (N-methyl/N-ethyl adjacent to an activating group) is 1. The van der Waals surface area contributed by atoms with E-state index in [2.05, 4.69) is 5.32 Å². The van der Waals surface area contributed by atoms with Gasteiger partial charge in [0.15, 0.2) is 12.6 Å². The zero-order valence-corrected chi connectivity index (χ0v) is 32.1. The molecule has 0 amide bonds. The lowest BCUT2D eigenvalue weighted by Crippen LogP contribution is -2.59. The number of rotatable bonds is 8. The molecule has 3 heterocycles. The minimum Gasteiger partial charge on any atom is -0.459 e. The first kappa shape index (κ1) is 43.1. The van der Waals surface area contributed by atoms with Gasteiger partial charge in [-0.1, -0.05) is 20.8 Å². The highest BCUT2D eigenvalue weighted by Gasteiger charge is 2.52. The third-order valence-corrected chi connectivity index (χ3v) is 11.6. The first-order valence-electron chi connectivity index (χ1n) is 18.1. The maximum Gasteiger partial charge on any atom is 0.311 e. The maximum atomic E-state index is 14.0. The minimum absolute atomic E-state index is 0.00144. The Hall–Kier alpha value is -1.30. The lowest BCUT2D eigenvalue weighted by atomic mass is 9.76. The number of carbonyl (C=O) groups excluding carboxylic acids is 2. The van der Waals surface area contributed by atoms with E-state index in [0.29, 0.717) is 6.42 Å². The minimum atomic E-state index is -1.96. The lowest BCUT2D eigenvalue weighted by molar-refractivity contribution is -0.307. The molecule has 0 unspecified atom stereocenters. The molecule has 0 bridgehead atoms. The van der Waals surface area contributed by atoms with Crippen LogP contribution in [0.15, 0.2) is 0 Å². The molecule has 0 aromatic carbocycles. The Bertz CT molecular complexity index is 1130. The fourth-order valence-corrected chi connectivity index (χ4v) is 7.81. The highest BCUT2D eigenvalue weighted by molar-refractivity contribution is 5.83. The summed E-state index contributed by atoms with van der Waals surface area (Å²) in [5.74, 6) is -3.71. The Labute approximate surface area is 297 Å². The van der Waals surface area contributed by atoms with Crippen molar-refractivity contribution in [1.82, 2.24) is 5.32 Å². The number of ether oxygens (including phenoxy) is 7. The van der Waals surface area contributed by atoms with E-state index in [0.717, 1.165) is 0 Å². The number of nitrogens with one attached hydrogen (secondary N) is 1. The van der Waals surface area contributed by atoms with Crippen LogP contribution in [-0.4, -0.2) is 138 Å². The molecular weight excluding hydrogens is 654 g/mol. The molecule has 14 nitrogen and oxygen atoms in total. The van der Waals surface area contributed by atoms with E-state index in [9.17, 15) is 30.0 Å². The monoisotopic (exact) mass is 719 g/mol. The standard InChI is InChI=1S/C36H65NO13/c1-13-25-36(9,43)30(40)21(5)28(38)18(2)16-34(7,44-11)26(50-33-29(39)23(37-10)14-19(3)46-33)15-24(20(4)32(42)49-25)48-27-17-35(8,45-12)31(41)22(6)47-27/h18-27,29-31,33,37,39-41,43H,13-17H2,1-12H3/t18-,19-,20-,21+,22+,23+,24+,25-,26-,27+,29-,30-,31+,33+,34-,35-,36-/m1/s1. The van der Waals surface area contributed by atoms with Crippen molar-refractivity contribution < 1.29 is 63.2 Å². The van der Waals surface area contributed by atoms with Crippen LogP contribution in [0.5, 0.6) is 0 Å². The number of hydrogen-bond acceptors (Lipinski definition) is 14. The van der Waals surface area contributed by atoms with E-state index in [1.54, 1.807) is 55.5 Å². The molecule has 14 heteroatoms. The fraction of sp³-hybridized carbons (Fsp3) is 0.944. The van der Waals surface area contributed by atoms with Crippen LogP contribution in [0.4, 0.5) is 0 Å². The molecule has 0 spiro atoms. The summed E-state index contributed by atoms with van der Waals surface area (Å²) in [7, 11) is 4.74. The number of cyclic esters (lactones) is 1. The zero-order chi connectivity index (χ0) is 37.9. The van der Waals surface area contributed by atoms with Crippen molar-refractivity contribution in [2.75, 3.05) is 21.3 Å². The SMILES string of the molecule is CC[C@H]1OC(=O)[C@H](C)[C@@H](O[C@H]2C[C@@](C)(OC)[C@@H](O)[C@H](C)O2)C[C@@H](O[C@@H]2O[C@H](C)C[C@H](NC)[C@H]2O)[C@](C)(OC)C[C@@H](C)C(=O)[C@H](C)[C@@H](O)[C@]1(C)O. The fourth-order valence-electron chi connectivity index (χ4n) is 7.81. The van der Waals surface area contributed by atoms with Crippen LogP contribution in [0.1, 0.15) is 94.4 Å². The number of methoxy groups -OCH3 is 2. The van der Waals surface area contributed by atoms with Crippen molar-refractivity contribution in [2.45, 2.75) is 179 Å². The Kier molecular flexibility index (Phi) is 14.9. The smallest absolute Gasteiger partial charge is 0.311 e. The summed E-state index contributed by atoms with van der Waals surface area (Å²) < 4.78 is 43.2. The number of aliphatic hydroxyl groups is 4. The van der Waals surface area contributed by atoms with Crippen LogP contribution in [0, 0.1) is 17.8 Å². The van der Waals surface area contributed by atoms with Gasteiger partial charge in [0.2, 0.25) is 0 Å². The van der Waals surface area contributed by atoms with Gasteiger partial charge in [-0.3, -0.25) is 9.59 Å². The third-order valence-electron chi connectivity index (χ3n) is 11.6. The number of Topliss-reactive ketones (excluding diaryl/α,β-unsaturated/α-hetero) is 1. The molecule has 50 heavy (non-hydrogen) atoms. The van der Waals surface area contributed by atoms with Crippen LogP contribution in [0.2, 0.25) is 0 Å². The van der Waals surface area contributed by atoms with Gasteiger partial charge in [-0.05, 0) is 67.9 Å². The molecule has 0 saturated carbocycles. The largest absolute Gasteiger partial charge is 0.459 e. The maximum absolute atomic E-state index is 14.0. The van der Waals surface area contributed by atoms with Crippen molar-refractivity contribution in [2.24, 2.45) is 17.8 Å². The van der Waals surface area contributed by atoms with Crippen molar-refractivity contribution in [3.8, 4) is 0 Å². The Morgan fingerprint density at radius 2 is 1.48 bits per heavy atom. The Morgan fingerprint density at radius 3 is 2.04 bits per heavy atom. The normalized spacial score (nSPS) is 48.9. The van der Waals surface area contributed by atoms with Gasteiger partial charge in [0.1, 0.15) is 29.7 Å². The molecule has 292 valence electrons. The number of ketones is 1. The van der Waals surface area contributed by atoms with Crippen molar-refractivity contribution in [3.05, 3.63) is 0 Å². The average molecular weight is 720 g/mol. The molecule has 3 fully saturated rings. The molecule has 0 radical (unpaired) electrons. The molecular formula is C36H65NO13. The number of hydrogen-bond donors (Lipinski definition) is 5. The third kappa shape index (κ3) is 9.25. The number of esters is 1. The van der Waals surface area contributed by atoms with E-state index < -0.39 is 95.8 Å². The molecule has 0 aromatic rings. The topological polar surface area (TPSA) is 192 Å². The second kappa shape index (κ2) is 17.2. The van der Waals surface area contributed by atoms with Gasteiger partial charge >= 0.3 is 5.97 Å². The van der Waals surface area contributed by atoms with Gasteiger partial charge in [-0.25, -0.2) is 0 Å². The van der Waals surface area contributed by atoms with E-state index in [1.165, 1.54) is 21.1 Å². The van der Waals surface area contributed by atoms with Crippen LogP contribution in [0.3, 0.4) is 0 Å². The van der Waals surface area contributed by atoms with Crippen LogP contribution in [0.25, 0.3) is 0 Å². The summed E-state index contributed by atoms with van der Waals surface area (Å²) in [6.07, 6.45) is -8.60. The van der Waals surface area contributed by atoms with Gasteiger partial charge in [-0.2, -0.15) is 0 Å². The summed E-state index contributed by atoms with van der Waals surface area (Å²) in [5, 5.41) is 48.2. The molecule has 0 aliphatic carbocycles. The molecule has 0 aromatic heterocycles. The van der Waals surface area contributed by atoms with Crippen molar-refractivity contribution in [1.29, 1.82) is 0 Å². The zero-order valence-electron chi connectivity index (χ0n) is 32.1. The predicted molar refractivity (Wildman–Crippen MR) is 182 cm³/mol. The molecule has 3 aliphatic rings. The van der Waals surface area contributed by atoms with Gasteiger partial charge < -0.3 is 58.9 Å². The van der Waals surface area contributed by atoms with Gasteiger partial charge in [0, 0.05) is 44.9 Å². The van der Waals surface area contributed by atoms with Crippen LogP contribution >= 0.6 is 0 Å². The number of aliphatic hydroxyl groups excluding tert-OH is 3. The Balaban J connectivity index is 2.15. The summed E-state index contributed by atoms with van der Waals surface area (Å²) >= 11 is 0. The highest BCUT2D eigenvalue weighted by atomic mass is 16.7. The van der Waals surface area contributed by atoms with Crippen LogP contribution in [-0.2, 0) is 42.7 Å². The summed E-state index contributed by atoms with van der Waals surface area (Å²) in [4.78, 5) is 27.8. The first-order valence-corrected chi connectivity index (χ1v) is 18.1. The molecule has 3 aliphatic heterocycles. The van der Waals surface area contributed by atoms with E-state index in [4.69, 9.17) is 33.2 Å².